The number of ether oxygens (including phenoxy) is 1. The van der Waals surface area contributed by atoms with E-state index < -0.39 is 32.8 Å². The lowest BCUT2D eigenvalue weighted by molar-refractivity contribution is -0.0546. The molecule has 0 atom stereocenters. The first-order chi connectivity index (χ1) is 14.0. The molecule has 1 saturated carbocycles. The minimum absolute atomic E-state index is 0.107. The molecule has 2 fully saturated rings. The normalized spacial score (nSPS) is 27.9. The van der Waals surface area contributed by atoms with Gasteiger partial charge in [-0.25, -0.2) is 8.78 Å². The molecule has 0 radical (unpaired) electrons. The van der Waals surface area contributed by atoms with Gasteiger partial charge < -0.3 is 4.74 Å². The summed E-state index contributed by atoms with van der Waals surface area (Å²) in [5, 5.41) is 0. The Kier molecular flexibility index (Phi) is 8.45. The Morgan fingerprint density at radius 1 is 0.931 bits per heavy atom. The van der Waals surface area contributed by atoms with E-state index in [1.165, 1.54) is 62.4 Å². The molecule has 1 aromatic carbocycles. The lowest BCUT2D eigenvalue weighted by Gasteiger charge is -2.37. The molecule has 1 saturated heterocycles. The van der Waals surface area contributed by atoms with E-state index in [2.05, 4.69) is 11.7 Å². The van der Waals surface area contributed by atoms with Crippen molar-refractivity contribution in [3.8, 4) is 5.75 Å². The van der Waals surface area contributed by atoms with Gasteiger partial charge in [0.2, 0.25) is 0 Å². The Bertz CT molecular complexity index is 615. The molecule has 0 amide bonds. The van der Waals surface area contributed by atoms with Gasteiger partial charge in [0.05, 0.1) is 0 Å². The van der Waals surface area contributed by atoms with E-state index in [-0.39, 0.29) is 5.92 Å². The quantitative estimate of drug-likeness (QED) is 0.234. The molecule has 0 aromatic heterocycles. The summed E-state index contributed by atoms with van der Waals surface area (Å²) in [6.07, 6.45) is 11.0. The van der Waals surface area contributed by atoms with Gasteiger partial charge in [0.25, 0.3) is 0 Å². The van der Waals surface area contributed by atoms with Crippen molar-refractivity contribution in [2.75, 3.05) is 0 Å². The second-order valence-electron chi connectivity index (χ2n) is 9.08. The summed E-state index contributed by atoms with van der Waals surface area (Å²) in [4.78, 5) is 0. The molecule has 0 bridgehead atoms. The van der Waals surface area contributed by atoms with Gasteiger partial charge in [-0.15, -0.1) is 0 Å². The highest BCUT2D eigenvalue weighted by Crippen LogP contribution is 2.44. The van der Waals surface area contributed by atoms with Crippen LogP contribution in [-0.4, -0.2) is 15.4 Å². The predicted octanol–water partition coefficient (Wildman–Crippen LogP) is 7.67. The number of benzene rings is 1. The maximum Gasteiger partial charge on any atom is 0.387 e. The van der Waals surface area contributed by atoms with Crippen LogP contribution in [0.4, 0.5) is 17.6 Å². The van der Waals surface area contributed by atoms with Gasteiger partial charge in [0.15, 0.2) is 17.4 Å². The van der Waals surface area contributed by atoms with Crippen molar-refractivity contribution in [2.45, 2.75) is 95.4 Å². The Hall–Kier alpha value is -1.04. The van der Waals surface area contributed by atoms with Crippen molar-refractivity contribution in [3.05, 3.63) is 29.3 Å². The number of alkyl halides is 2. The van der Waals surface area contributed by atoms with Crippen molar-refractivity contribution in [3.63, 3.8) is 0 Å². The number of rotatable bonds is 8. The number of hydrogen-bond donors (Lipinski definition) is 0. The van der Waals surface area contributed by atoms with Crippen molar-refractivity contribution >= 4 is 8.80 Å². The molecule has 1 aliphatic carbocycles. The third-order valence-corrected chi connectivity index (χ3v) is 10.8. The zero-order chi connectivity index (χ0) is 20.8. The summed E-state index contributed by atoms with van der Waals surface area (Å²) in [5.41, 5.74) is 0.576. The maximum absolute atomic E-state index is 14.0. The fraction of sp³-hybridized carbons (Fsp3) is 0.739. The fourth-order valence-corrected chi connectivity index (χ4v) is 9.10. The zero-order valence-corrected chi connectivity index (χ0v) is 18.6. The molecule has 0 unspecified atom stereocenters. The maximum atomic E-state index is 14.0. The van der Waals surface area contributed by atoms with Crippen LogP contribution in [0.15, 0.2) is 12.1 Å². The summed E-state index contributed by atoms with van der Waals surface area (Å²) in [5.74, 6) is -1.36. The van der Waals surface area contributed by atoms with Crippen LogP contribution in [0.5, 0.6) is 5.75 Å². The van der Waals surface area contributed by atoms with E-state index >= 15 is 0 Å². The fourth-order valence-electron chi connectivity index (χ4n) is 5.57. The molecule has 3 rings (SSSR count). The van der Waals surface area contributed by atoms with Crippen LogP contribution in [0.25, 0.3) is 0 Å². The highest BCUT2D eigenvalue weighted by Gasteiger charge is 2.32. The summed E-state index contributed by atoms with van der Waals surface area (Å²) in [6.45, 7) is -0.964. The molecule has 0 N–H and O–H groups in total. The zero-order valence-electron chi connectivity index (χ0n) is 17.4. The first-order valence-corrected chi connectivity index (χ1v) is 13.9. The van der Waals surface area contributed by atoms with Crippen LogP contribution in [0, 0.1) is 23.5 Å². The van der Waals surface area contributed by atoms with E-state index in [9.17, 15) is 17.6 Å². The molecule has 1 aliphatic heterocycles. The highest BCUT2D eigenvalue weighted by molar-refractivity contribution is 6.58. The standard InChI is InChI=1S/C23H34F4OSi/c1-2-3-4-11-29-12-9-18(10-13-29)16-5-7-17(8-6-16)19-14-20(24)22(21(25)15-19)28-23(26)27/h14-18,23,29H,2-13H2,1H3/t16-,17-,18?,29?. The van der Waals surface area contributed by atoms with Crippen LogP contribution in [0.3, 0.4) is 0 Å². The van der Waals surface area contributed by atoms with Gasteiger partial charge in [-0.05, 0) is 61.1 Å². The summed E-state index contributed by atoms with van der Waals surface area (Å²) >= 11 is 0. The average molecular weight is 431 g/mol. The van der Waals surface area contributed by atoms with Gasteiger partial charge >= 0.3 is 6.61 Å². The highest BCUT2D eigenvalue weighted by atomic mass is 28.3. The second kappa shape index (κ2) is 10.8. The first-order valence-electron chi connectivity index (χ1n) is 11.4. The second-order valence-corrected chi connectivity index (χ2v) is 12.5. The summed E-state index contributed by atoms with van der Waals surface area (Å²) in [7, 11) is -0.488. The van der Waals surface area contributed by atoms with E-state index in [1.807, 2.05) is 0 Å². The summed E-state index contributed by atoms with van der Waals surface area (Å²) in [6, 6.07) is 6.88. The van der Waals surface area contributed by atoms with Crippen LogP contribution >= 0.6 is 0 Å². The predicted molar refractivity (Wildman–Crippen MR) is 112 cm³/mol. The summed E-state index contributed by atoms with van der Waals surface area (Å²) < 4.78 is 56.7. The van der Waals surface area contributed by atoms with E-state index in [1.54, 1.807) is 0 Å². The van der Waals surface area contributed by atoms with E-state index in [0.717, 1.165) is 37.5 Å². The number of unbranched alkanes of at least 4 members (excludes halogenated alkanes) is 2. The minimum atomic E-state index is -3.23. The Morgan fingerprint density at radius 2 is 1.52 bits per heavy atom. The van der Waals surface area contributed by atoms with Crippen LogP contribution in [-0.2, 0) is 0 Å². The van der Waals surface area contributed by atoms with Crippen molar-refractivity contribution in [2.24, 2.45) is 11.8 Å². The lowest BCUT2D eigenvalue weighted by atomic mass is 9.72. The molecule has 164 valence electrons. The average Bonchev–Trinajstić information content (AvgIpc) is 2.71. The van der Waals surface area contributed by atoms with Crippen molar-refractivity contribution < 1.29 is 22.3 Å². The molecule has 1 aromatic rings. The van der Waals surface area contributed by atoms with Crippen LogP contribution in [0.1, 0.15) is 76.2 Å². The topological polar surface area (TPSA) is 9.23 Å². The minimum Gasteiger partial charge on any atom is -0.429 e. The molecule has 1 heterocycles. The number of halogens is 4. The number of hydrogen-bond acceptors (Lipinski definition) is 1. The van der Waals surface area contributed by atoms with Crippen LogP contribution < -0.4 is 4.74 Å². The van der Waals surface area contributed by atoms with Crippen molar-refractivity contribution in [1.82, 2.24) is 0 Å². The monoisotopic (exact) mass is 430 g/mol. The Labute approximate surface area is 173 Å². The lowest BCUT2D eigenvalue weighted by Crippen LogP contribution is -2.28. The molecule has 1 nitrogen and oxygen atoms in total. The molecule has 6 heteroatoms. The van der Waals surface area contributed by atoms with Gasteiger partial charge in [0, 0.05) is 8.80 Å². The Morgan fingerprint density at radius 3 is 2.07 bits per heavy atom. The van der Waals surface area contributed by atoms with Gasteiger partial charge in [-0.2, -0.15) is 8.78 Å². The molecule has 29 heavy (non-hydrogen) atoms. The van der Waals surface area contributed by atoms with Crippen LogP contribution in [0.2, 0.25) is 18.1 Å². The molecule has 2 aliphatic rings. The third kappa shape index (κ3) is 6.22. The molecular weight excluding hydrogens is 396 g/mol. The SMILES string of the molecule is CCCCC[SiH]1CCC([C@H]2CC[C@H](c3cc(F)c(OC(F)F)c(F)c3)CC2)CC1. The molecular formula is C23H34F4OSi. The van der Waals surface area contributed by atoms with Crippen molar-refractivity contribution in [1.29, 1.82) is 0 Å². The first kappa shape index (κ1) is 22.6. The van der Waals surface area contributed by atoms with Gasteiger partial charge in [-0.1, -0.05) is 57.2 Å². The largest absolute Gasteiger partial charge is 0.429 e. The smallest absolute Gasteiger partial charge is 0.387 e. The Balaban J connectivity index is 1.48. The third-order valence-electron chi connectivity index (χ3n) is 7.24. The van der Waals surface area contributed by atoms with E-state index in [0.29, 0.717) is 5.56 Å². The van der Waals surface area contributed by atoms with Gasteiger partial charge in [0.1, 0.15) is 0 Å². The molecule has 0 spiro atoms. The van der Waals surface area contributed by atoms with E-state index in [4.69, 9.17) is 0 Å². The van der Waals surface area contributed by atoms with Gasteiger partial charge in [-0.3, -0.25) is 0 Å².